The minimum atomic E-state index is -0.764. The van der Waals surface area contributed by atoms with Crippen molar-refractivity contribution in [2.45, 2.75) is 6.54 Å². The summed E-state index contributed by atoms with van der Waals surface area (Å²) in [7, 11) is 1.39. The molecular weight excluding hydrogens is 260 g/mol. The summed E-state index contributed by atoms with van der Waals surface area (Å²) in [6.45, 7) is 0.117. The first kappa shape index (κ1) is 13.6. The zero-order valence-electron chi connectivity index (χ0n) is 10.8. The van der Waals surface area contributed by atoms with Crippen molar-refractivity contribution < 1.29 is 5.11 Å². The number of hydrogen-bond acceptors (Lipinski definition) is 4. The molecule has 4 N–H and O–H groups in total. The van der Waals surface area contributed by atoms with Crippen molar-refractivity contribution in [3.8, 4) is 5.88 Å². The molecule has 0 fully saturated rings. The van der Waals surface area contributed by atoms with Crippen LogP contribution in [0, 0.1) is 0 Å². The van der Waals surface area contributed by atoms with Gasteiger partial charge in [0.15, 0.2) is 0 Å². The Morgan fingerprint density at radius 2 is 2.00 bits per heavy atom. The number of benzene rings is 1. The summed E-state index contributed by atoms with van der Waals surface area (Å²) >= 11 is 0. The summed E-state index contributed by atoms with van der Waals surface area (Å²) in [5.41, 5.74) is 4.69. The van der Waals surface area contributed by atoms with Gasteiger partial charge >= 0.3 is 5.69 Å². The van der Waals surface area contributed by atoms with Crippen molar-refractivity contribution in [3.63, 3.8) is 0 Å². The number of rotatable bonds is 3. The number of nitrogens with zero attached hydrogens (tertiary/aromatic N) is 2. The highest BCUT2D eigenvalue weighted by Gasteiger charge is 2.17. The molecule has 0 saturated heterocycles. The summed E-state index contributed by atoms with van der Waals surface area (Å²) in [5.74, 6) is -0.628. The SMILES string of the molecule is CN=C(N)c1c(O)n(Cc2ccccc2)c(=O)[nH]c1=O. The van der Waals surface area contributed by atoms with Gasteiger partial charge in [-0.15, -0.1) is 0 Å². The van der Waals surface area contributed by atoms with Crippen LogP contribution in [-0.4, -0.2) is 27.5 Å². The molecule has 0 unspecified atom stereocenters. The Balaban J connectivity index is 2.60. The third kappa shape index (κ3) is 2.46. The van der Waals surface area contributed by atoms with Gasteiger partial charge in [0.1, 0.15) is 11.4 Å². The van der Waals surface area contributed by atoms with E-state index in [9.17, 15) is 14.7 Å². The molecule has 0 aliphatic heterocycles. The molecular formula is C13H14N4O3. The summed E-state index contributed by atoms with van der Waals surface area (Å²) in [5, 5.41) is 10.1. The van der Waals surface area contributed by atoms with E-state index in [1.807, 2.05) is 18.2 Å². The van der Waals surface area contributed by atoms with E-state index in [-0.39, 0.29) is 17.9 Å². The second-order valence-electron chi connectivity index (χ2n) is 4.14. The third-order valence-electron chi connectivity index (χ3n) is 2.85. The number of aromatic hydroxyl groups is 1. The van der Waals surface area contributed by atoms with Gasteiger partial charge in [0.2, 0.25) is 5.88 Å². The molecule has 7 nitrogen and oxygen atoms in total. The Morgan fingerprint density at radius 3 is 2.60 bits per heavy atom. The number of aromatic amines is 1. The Morgan fingerprint density at radius 1 is 1.35 bits per heavy atom. The molecule has 20 heavy (non-hydrogen) atoms. The standard InChI is InChI=1S/C13H14N4O3/c1-15-10(14)9-11(18)16-13(20)17(12(9)19)7-8-5-3-2-4-6-8/h2-6,19H,7H2,1H3,(H2,14,15)(H,16,18,20). The molecule has 0 atom stereocenters. The topological polar surface area (TPSA) is 113 Å². The highest BCUT2D eigenvalue weighted by Crippen LogP contribution is 2.12. The molecule has 1 aromatic carbocycles. The van der Waals surface area contributed by atoms with Crippen LogP contribution in [0.15, 0.2) is 44.9 Å². The average molecular weight is 274 g/mol. The molecule has 2 rings (SSSR count). The van der Waals surface area contributed by atoms with Crippen LogP contribution in [0.2, 0.25) is 0 Å². The van der Waals surface area contributed by atoms with Gasteiger partial charge in [-0.1, -0.05) is 30.3 Å². The van der Waals surface area contributed by atoms with Crippen molar-refractivity contribution >= 4 is 5.84 Å². The van der Waals surface area contributed by atoms with Crippen LogP contribution in [0.1, 0.15) is 11.1 Å². The second-order valence-corrected chi connectivity index (χ2v) is 4.14. The summed E-state index contributed by atoms with van der Waals surface area (Å²) in [6.07, 6.45) is 0. The van der Waals surface area contributed by atoms with Gasteiger partial charge in [0.25, 0.3) is 5.56 Å². The van der Waals surface area contributed by atoms with Crippen molar-refractivity contribution in [1.29, 1.82) is 0 Å². The normalized spacial score (nSPS) is 11.6. The van der Waals surface area contributed by atoms with Crippen LogP contribution >= 0.6 is 0 Å². The van der Waals surface area contributed by atoms with Gasteiger partial charge in [0.05, 0.1) is 6.54 Å². The van der Waals surface area contributed by atoms with E-state index in [2.05, 4.69) is 9.98 Å². The Hall–Kier alpha value is -2.83. The lowest BCUT2D eigenvalue weighted by atomic mass is 10.2. The summed E-state index contributed by atoms with van der Waals surface area (Å²) in [4.78, 5) is 29.2. The van der Waals surface area contributed by atoms with Gasteiger partial charge < -0.3 is 10.8 Å². The van der Waals surface area contributed by atoms with Crippen molar-refractivity contribution in [1.82, 2.24) is 9.55 Å². The van der Waals surface area contributed by atoms with Crippen molar-refractivity contribution in [3.05, 3.63) is 62.3 Å². The monoisotopic (exact) mass is 274 g/mol. The van der Waals surface area contributed by atoms with E-state index in [1.165, 1.54) is 7.05 Å². The predicted octanol–water partition coefficient (Wildman–Crippen LogP) is -0.374. The fourth-order valence-electron chi connectivity index (χ4n) is 1.82. The number of nitrogens with two attached hydrogens (primary N) is 1. The maximum absolute atomic E-state index is 11.8. The predicted molar refractivity (Wildman–Crippen MR) is 75.2 cm³/mol. The van der Waals surface area contributed by atoms with E-state index < -0.39 is 17.1 Å². The average Bonchev–Trinajstić information content (AvgIpc) is 2.44. The molecule has 0 amide bonds. The number of amidine groups is 1. The van der Waals surface area contributed by atoms with Gasteiger partial charge in [0, 0.05) is 7.05 Å². The van der Waals surface area contributed by atoms with Crippen LogP contribution in [0.25, 0.3) is 0 Å². The maximum atomic E-state index is 11.8. The van der Waals surface area contributed by atoms with Crippen LogP contribution in [0.3, 0.4) is 0 Å². The third-order valence-corrected chi connectivity index (χ3v) is 2.85. The van der Waals surface area contributed by atoms with Crippen LogP contribution in [0.4, 0.5) is 0 Å². The number of hydrogen-bond donors (Lipinski definition) is 3. The fourth-order valence-corrected chi connectivity index (χ4v) is 1.82. The van der Waals surface area contributed by atoms with Gasteiger partial charge in [-0.25, -0.2) is 4.79 Å². The molecule has 0 aliphatic carbocycles. The molecule has 0 spiro atoms. The smallest absolute Gasteiger partial charge is 0.331 e. The van der Waals surface area contributed by atoms with Gasteiger partial charge in [-0.2, -0.15) is 0 Å². The van der Waals surface area contributed by atoms with Crippen LogP contribution in [0.5, 0.6) is 5.88 Å². The lowest BCUT2D eigenvalue weighted by Crippen LogP contribution is -2.36. The van der Waals surface area contributed by atoms with Crippen molar-refractivity contribution in [2.75, 3.05) is 7.05 Å². The van der Waals surface area contributed by atoms with Crippen molar-refractivity contribution in [2.24, 2.45) is 10.7 Å². The van der Waals surface area contributed by atoms with E-state index in [4.69, 9.17) is 5.73 Å². The van der Waals surface area contributed by atoms with Gasteiger partial charge in [-0.05, 0) is 5.56 Å². The molecule has 2 aromatic rings. The fraction of sp³-hybridized carbons (Fsp3) is 0.154. The molecule has 1 heterocycles. The first-order chi connectivity index (χ1) is 9.54. The molecule has 0 saturated carbocycles. The molecule has 0 aliphatic rings. The minimum absolute atomic E-state index is 0.117. The zero-order valence-corrected chi connectivity index (χ0v) is 10.8. The number of nitrogens with one attached hydrogen (secondary N) is 1. The summed E-state index contributed by atoms with van der Waals surface area (Å²) in [6, 6.07) is 9.06. The highest BCUT2D eigenvalue weighted by molar-refractivity contribution is 5.98. The molecule has 7 heteroatoms. The maximum Gasteiger partial charge on any atom is 0.331 e. The zero-order chi connectivity index (χ0) is 14.7. The van der Waals surface area contributed by atoms with Gasteiger partial charge in [-0.3, -0.25) is 19.3 Å². The Labute approximate surface area is 114 Å². The number of aromatic nitrogens is 2. The second kappa shape index (κ2) is 5.43. The first-order valence-corrected chi connectivity index (χ1v) is 5.87. The lowest BCUT2D eigenvalue weighted by Gasteiger charge is -2.10. The summed E-state index contributed by atoms with van der Waals surface area (Å²) < 4.78 is 1.03. The molecule has 1 aromatic heterocycles. The Bertz CT molecular complexity index is 759. The largest absolute Gasteiger partial charge is 0.494 e. The van der Waals surface area contributed by atoms with E-state index >= 15 is 0 Å². The lowest BCUT2D eigenvalue weighted by molar-refractivity contribution is 0.408. The molecule has 0 radical (unpaired) electrons. The van der Waals surface area contributed by atoms with Crippen LogP contribution < -0.4 is 17.0 Å². The Kier molecular flexibility index (Phi) is 3.69. The molecule has 0 bridgehead atoms. The van der Waals surface area contributed by atoms with E-state index in [1.54, 1.807) is 12.1 Å². The highest BCUT2D eigenvalue weighted by atomic mass is 16.3. The first-order valence-electron chi connectivity index (χ1n) is 5.87. The van der Waals surface area contributed by atoms with E-state index in [0.717, 1.165) is 10.1 Å². The van der Waals surface area contributed by atoms with E-state index in [0.29, 0.717) is 0 Å². The van der Waals surface area contributed by atoms with Crippen LogP contribution in [-0.2, 0) is 6.54 Å². The number of aliphatic imine (C=N–C) groups is 1. The molecule has 104 valence electrons. The minimum Gasteiger partial charge on any atom is -0.494 e. The quantitative estimate of drug-likeness (QED) is 0.523. The number of H-pyrrole nitrogens is 1.